The lowest BCUT2D eigenvalue weighted by Crippen LogP contribution is -2.62. The second-order valence-electron chi connectivity index (χ2n) is 4.80. The number of likely N-dealkylation sites (tertiary alicyclic amines) is 1. The molecule has 1 atom stereocenters. The first kappa shape index (κ1) is 11.4. The predicted octanol–water partition coefficient (Wildman–Crippen LogP) is 1.62. The fourth-order valence-electron chi connectivity index (χ4n) is 2.78. The highest BCUT2D eigenvalue weighted by Gasteiger charge is 2.38. The van der Waals surface area contributed by atoms with Gasteiger partial charge in [0, 0.05) is 13.1 Å². The third kappa shape index (κ3) is 2.19. The van der Waals surface area contributed by atoms with Gasteiger partial charge in [-0.25, -0.2) is 5.01 Å². The molecule has 0 amide bonds. The zero-order chi connectivity index (χ0) is 10.7. The summed E-state index contributed by atoms with van der Waals surface area (Å²) < 4.78 is 0. The van der Waals surface area contributed by atoms with Crippen LogP contribution in [-0.2, 0) is 0 Å². The van der Waals surface area contributed by atoms with Crippen LogP contribution in [0.1, 0.15) is 39.0 Å². The van der Waals surface area contributed by atoms with Crippen molar-refractivity contribution in [2.24, 2.45) is 0 Å². The number of rotatable bonds is 3. The van der Waals surface area contributed by atoms with Gasteiger partial charge in [0.25, 0.3) is 0 Å². The highest BCUT2D eigenvalue weighted by Crippen LogP contribution is 2.27. The molecule has 87 valence electrons. The molecule has 1 unspecified atom stereocenters. The fourth-order valence-corrected chi connectivity index (χ4v) is 2.78. The van der Waals surface area contributed by atoms with Gasteiger partial charge in [0.2, 0.25) is 0 Å². The van der Waals surface area contributed by atoms with Crippen LogP contribution in [0.2, 0.25) is 0 Å². The Balaban J connectivity index is 2.04. The van der Waals surface area contributed by atoms with Gasteiger partial charge in [-0.1, -0.05) is 13.3 Å². The standard InChI is InChI=1S/C12H24N3/c1-3-12(2,15-11-7-8-13-15)14-9-5-4-6-10-14/h13H,2-11H2,1H3. The van der Waals surface area contributed by atoms with Crippen molar-refractivity contribution in [3.05, 3.63) is 6.92 Å². The Morgan fingerprint density at radius 3 is 2.40 bits per heavy atom. The minimum atomic E-state index is -0.00306. The lowest BCUT2D eigenvalue weighted by atomic mass is 10.0. The number of nitrogens with one attached hydrogen (secondary N) is 1. The van der Waals surface area contributed by atoms with Crippen molar-refractivity contribution < 1.29 is 0 Å². The summed E-state index contributed by atoms with van der Waals surface area (Å²) in [5, 5.41) is 2.36. The van der Waals surface area contributed by atoms with Crippen molar-refractivity contribution >= 4 is 0 Å². The van der Waals surface area contributed by atoms with E-state index in [0.29, 0.717) is 0 Å². The van der Waals surface area contributed by atoms with Crippen LogP contribution in [0, 0.1) is 6.92 Å². The van der Waals surface area contributed by atoms with Gasteiger partial charge in [-0.2, -0.15) is 0 Å². The fraction of sp³-hybridized carbons (Fsp3) is 0.917. The molecule has 3 nitrogen and oxygen atoms in total. The first-order valence-electron chi connectivity index (χ1n) is 6.39. The smallest absolute Gasteiger partial charge is 0.0868 e. The molecule has 0 aromatic rings. The molecule has 2 saturated heterocycles. The van der Waals surface area contributed by atoms with E-state index in [9.17, 15) is 0 Å². The molecule has 1 N–H and O–H groups in total. The summed E-state index contributed by atoms with van der Waals surface area (Å²) in [6, 6.07) is 0. The Kier molecular flexibility index (Phi) is 3.65. The monoisotopic (exact) mass is 210 g/mol. The molecule has 3 heteroatoms. The summed E-state index contributed by atoms with van der Waals surface area (Å²) in [6.45, 7) is 11.4. The highest BCUT2D eigenvalue weighted by atomic mass is 15.6. The summed E-state index contributed by atoms with van der Waals surface area (Å²) in [4.78, 5) is 2.56. The molecule has 0 aliphatic carbocycles. The number of hydrogen-bond donors (Lipinski definition) is 1. The van der Waals surface area contributed by atoms with Gasteiger partial charge in [-0.05, 0) is 45.7 Å². The van der Waals surface area contributed by atoms with E-state index in [2.05, 4.69) is 29.2 Å². The van der Waals surface area contributed by atoms with Crippen LogP contribution in [0.15, 0.2) is 0 Å². The first-order chi connectivity index (χ1) is 7.27. The Labute approximate surface area is 93.8 Å². The molecule has 2 fully saturated rings. The highest BCUT2D eigenvalue weighted by molar-refractivity contribution is 4.93. The van der Waals surface area contributed by atoms with E-state index in [1.54, 1.807) is 0 Å². The van der Waals surface area contributed by atoms with Crippen LogP contribution in [0.3, 0.4) is 0 Å². The lowest BCUT2D eigenvalue weighted by Gasteiger charge is -2.48. The molecule has 0 aromatic heterocycles. The zero-order valence-corrected chi connectivity index (χ0v) is 9.97. The topological polar surface area (TPSA) is 18.5 Å². The lowest BCUT2D eigenvalue weighted by molar-refractivity contribution is -0.0508. The van der Waals surface area contributed by atoms with Crippen LogP contribution in [-0.4, -0.2) is 41.8 Å². The molecule has 0 bridgehead atoms. The molecule has 1 radical (unpaired) electrons. The van der Waals surface area contributed by atoms with E-state index in [1.165, 1.54) is 38.8 Å². The third-order valence-electron chi connectivity index (χ3n) is 3.87. The van der Waals surface area contributed by atoms with Crippen LogP contribution >= 0.6 is 0 Å². The summed E-state index contributed by atoms with van der Waals surface area (Å²) in [5.74, 6) is 0. The molecule has 2 heterocycles. The molecule has 0 aromatic carbocycles. The second-order valence-corrected chi connectivity index (χ2v) is 4.80. The molecule has 2 rings (SSSR count). The normalized spacial score (nSPS) is 29.2. The van der Waals surface area contributed by atoms with Crippen LogP contribution < -0.4 is 5.43 Å². The molecule has 0 saturated carbocycles. The largest absolute Gasteiger partial charge is 0.284 e. The van der Waals surface area contributed by atoms with Crippen LogP contribution in [0.5, 0.6) is 0 Å². The van der Waals surface area contributed by atoms with Crippen molar-refractivity contribution in [3.8, 4) is 0 Å². The minimum absolute atomic E-state index is 0.00306. The summed E-state index contributed by atoms with van der Waals surface area (Å²) in [7, 11) is 0. The molecular formula is C12H24N3. The molecular weight excluding hydrogens is 186 g/mol. The Hall–Kier alpha value is -0.120. The molecule has 2 aliphatic heterocycles. The van der Waals surface area contributed by atoms with Gasteiger partial charge in [0.1, 0.15) is 0 Å². The van der Waals surface area contributed by atoms with Crippen molar-refractivity contribution in [1.29, 1.82) is 0 Å². The van der Waals surface area contributed by atoms with Crippen LogP contribution in [0.4, 0.5) is 0 Å². The first-order valence-corrected chi connectivity index (χ1v) is 6.39. The average molecular weight is 210 g/mol. The molecule has 0 spiro atoms. The maximum atomic E-state index is 4.48. The third-order valence-corrected chi connectivity index (χ3v) is 3.87. The van der Waals surface area contributed by atoms with E-state index in [0.717, 1.165) is 19.5 Å². The van der Waals surface area contributed by atoms with E-state index in [-0.39, 0.29) is 5.66 Å². The van der Waals surface area contributed by atoms with E-state index in [4.69, 9.17) is 0 Å². The van der Waals surface area contributed by atoms with Gasteiger partial charge in [-0.15, -0.1) is 0 Å². The Bertz CT molecular complexity index is 195. The molecule has 2 aliphatic rings. The van der Waals surface area contributed by atoms with Gasteiger partial charge in [-0.3, -0.25) is 10.3 Å². The van der Waals surface area contributed by atoms with Crippen molar-refractivity contribution in [1.82, 2.24) is 15.3 Å². The van der Waals surface area contributed by atoms with Crippen molar-refractivity contribution in [2.75, 3.05) is 26.2 Å². The summed E-state index contributed by atoms with van der Waals surface area (Å²) >= 11 is 0. The summed E-state index contributed by atoms with van der Waals surface area (Å²) in [5.41, 5.74) is 3.47. The number of hydrogen-bond acceptors (Lipinski definition) is 3. The van der Waals surface area contributed by atoms with Crippen molar-refractivity contribution in [2.45, 2.75) is 44.7 Å². The quantitative estimate of drug-likeness (QED) is 0.763. The minimum Gasteiger partial charge on any atom is -0.284 e. The van der Waals surface area contributed by atoms with Gasteiger partial charge >= 0.3 is 0 Å². The second kappa shape index (κ2) is 4.81. The van der Waals surface area contributed by atoms with E-state index >= 15 is 0 Å². The average Bonchev–Trinajstić information content (AvgIpc) is 2.83. The van der Waals surface area contributed by atoms with E-state index < -0.39 is 0 Å². The number of hydrazine groups is 1. The number of piperidine rings is 1. The van der Waals surface area contributed by atoms with Gasteiger partial charge < -0.3 is 0 Å². The summed E-state index contributed by atoms with van der Waals surface area (Å²) in [6.07, 6.45) is 6.42. The van der Waals surface area contributed by atoms with E-state index in [1.807, 2.05) is 0 Å². The zero-order valence-electron chi connectivity index (χ0n) is 9.97. The SMILES string of the molecule is [CH2]C(CC)(N1CCCCC1)N1CCCN1. The molecule has 15 heavy (non-hydrogen) atoms. The maximum Gasteiger partial charge on any atom is 0.0868 e. The Morgan fingerprint density at radius 1 is 1.13 bits per heavy atom. The van der Waals surface area contributed by atoms with Crippen LogP contribution in [0.25, 0.3) is 0 Å². The van der Waals surface area contributed by atoms with Crippen molar-refractivity contribution in [3.63, 3.8) is 0 Å². The maximum absolute atomic E-state index is 4.48. The van der Waals surface area contributed by atoms with Gasteiger partial charge in [0.15, 0.2) is 0 Å². The number of nitrogens with zero attached hydrogens (tertiary/aromatic N) is 2. The van der Waals surface area contributed by atoms with Gasteiger partial charge in [0.05, 0.1) is 5.66 Å². The predicted molar refractivity (Wildman–Crippen MR) is 63.1 cm³/mol. The Morgan fingerprint density at radius 2 is 1.87 bits per heavy atom.